The van der Waals surface area contributed by atoms with E-state index >= 15 is 0 Å². The average Bonchev–Trinajstić information content (AvgIpc) is 2.74. The van der Waals surface area contributed by atoms with Gasteiger partial charge in [0.2, 0.25) is 0 Å². The molecule has 2 rings (SSSR count). The lowest BCUT2D eigenvalue weighted by molar-refractivity contribution is 0.385. The first-order valence-corrected chi connectivity index (χ1v) is 5.67. The first kappa shape index (κ1) is 11.7. The molecule has 0 aliphatic heterocycles. The number of hydrogen-bond acceptors (Lipinski definition) is 3. The number of imidazole rings is 1. The Morgan fingerprint density at radius 1 is 1.35 bits per heavy atom. The summed E-state index contributed by atoms with van der Waals surface area (Å²) in [6.45, 7) is 1.92. The van der Waals surface area contributed by atoms with E-state index in [1.807, 2.05) is 30.7 Å². The topological polar surface area (TPSA) is 47.1 Å². The van der Waals surface area contributed by atoms with Crippen LogP contribution in [0.25, 0.3) is 11.3 Å². The van der Waals surface area contributed by atoms with Gasteiger partial charge in [0.1, 0.15) is 0 Å². The summed E-state index contributed by atoms with van der Waals surface area (Å²) in [5.74, 6) is 0. The van der Waals surface area contributed by atoms with Gasteiger partial charge in [0.15, 0.2) is 0 Å². The Morgan fingerprint density at radius 3 is 2.88 bits per heavy atom. The maximum absolute atomic E-state index is 5.80. The normalized spacial score (nSPS) is 11.0. The first-order valence-electron chi connectivity index (χ1n) is 5.67. The Kier molecular flexibility index (Phi) is 3.44. The number of nitrogens with two attached hydrogens (primary N) is 1. The van der Waals surface area contributed by atoms with Crippen molar-refractivity contribution in [1.82, 2.24) is 14.5 Å². The van der Waals surface area contributed by atoms with Crippen LogP contribution in [0.2, 0.25) is 0 Å². The molecular weight excluding hydrogens is 212 g/mol. The van der Waals surface area contributed by atoms with Crippen LogP contribution in [0.3, 0.4) is 0 Å². The van der Waals surface area contributed by atoms with Crippen molar-refractivity contribution in [2.45, 2.75) is 6.54 Å². The molecule has 1 heterocycles. The van der Waals surface area contributed by atoms with Crippen molar-refractivity contribution in [3.63, 3.8) is 0 Å². The standard InChI is InChI=1S/C13H18N4/c1-16(2)6-7-17-10-15-9-13(17)11-4-3-5-12(14)8-11/h3-5,8-10H,6-7,14H2,1-2H3. The predicted molar refractivity (Wildman–Crippen MR) is 70.6 cm³/mol. The van der Waals surface area contributed by atoms with Crippen LogP contribution in [0.15, 0.2) is 36.8 Å². The summed E-state index contributed by atoms with van der Waals surface area (Å²) >= 11 is 0. The molecule has 0 atom stereocenters. The molecule has 0 saturated heterocycles. The number of benzene rings is 1. The minimum absolute atomic E-state index is 0.780. The van der Waals surface area contributed by atoms with Crippen molar-refractivity contribution in [1.29, 1.82) is 0 Å². The van der Waals surface area contributed by atoms with E-state index < -0.39 is 0 Å². The van der Waals surface area contributed by atoms with Crippen LogP contribution in [0, 0.1) is 0 Å². The fourth-order valence-electron chi connectivity index (χ4n) is 1.75. The van der Waals surface area contributed by atoms with Crippen LogP contribution < -0.4 is 5.73 Å². The van der Waals surface area contributed by atoms with Crippen LogP contribution in [0.4, 0.5) is 5.69 Å². The second-order valence-corrected chi connectivity index (χ2v) is 4.40. The third-order valence-corrected chi connectivity index (χ3v) is 2.68. The van der Waals surface area contributed by atoms with Crippen molar-refractivity contribution < 1.29 is 0 Å². The third kappa shape index (κ3) is 2.85. The van der Waals surface area contributed by atoms with Crippen LogP contribution in [-0.4, -0.2) is 35.1 Å². The van der Waals surface area contributed by atoms with Gasteiger partial charge < -0.3 is 15.2 Å². The quantitative estimate of drug-likeness (QED) is 0.813. The molecule has 1 aromatic carbocycles. The van der Waals surface area contributed by atoms with Gasteiger partial charge in [-0.1, -0.05) is 12.1 Å². The highest BCUT2D eigenvalue weighted by atomic mass is 15.1. The molecule has 0 amide bonds. The minimum Gasteiger partial charge on any atom is -0.399 e. The third-order valence-electron chi connectivity index (χ3n) is 2.68. The van der Waals surface area contributed by atoms with E-state index in [0.29, 0.717) is 0 Å². The van der Waals surface area contributed by atoms with Gasteiger partial charge >= 0.3 is 0 Å². The van der Waals surface area contributed by atoms with E-state index in [9.17, 15) is 0 Å². The molecule has 4 heteroatoms. The van der Waals surface area contributed by atoms with Gasteiger partial charge in [-0.05, 0) is 26.2 Å². The maximum atomic E-state index is 5.80. The molecule has 2 aromatic rings. The molecule has 1 aromatic heterocycles. The zero-order valence-electron chi connectivity index (χ0n) is 10.3. The summed E-state index contributed by atoms with van der Waals surface area (Å²) in [6, 6.07) is 7.89. The molecule has 0 unspecified atom stereocenters. The zero-order valence-corrected chi connectivity index (χ0v) is 10.3. The molecule has 4 nitrogen and oxygen atoms in total. The van der Waals surface area contributed by atoms with Crippen LogP contribution in [-0.2, 0) is 6.54 Å². The number of likely N-dealkylation sites (N-methyl/N-ethyl adjacent to an activating group) is 1. The number of rotatable bonds is 4. The summed E-state index contributed by atoms with van der Waals surface area (Å²) in [5, 5.41) is 0. The molecular formula is C13H18N4. The number of nitrogens with zero attached hydrogens (tertiary/aromatic N) is 3. The van der Waals surface area contributed by atoms with E-state index in [4.69, 9.17) is 5.73 Å². The number of aromatic nitrogens is 2. The van der Waals surface area contributed by atoms with Crippen molar-refractivity contribution in [3.8, 4) is 11.3 Å². The summed E-state index contributed by atoms with van der Waals surface area (Å²) in [4.78, 5) is 6.37. The van der Waals surface area contributed by atoms with E-state index in [-0.39, 0.29) is 0 Å². The Bertz CT molecular complexity index is 488. The van der Waals surface area contributed by atoms with E-state index in [1.165, 1.54) is 0 Å². The minimum atomic E-state index is 0.780. The smallest absolute Gasteiger partial charge is 0.0951 e. The average molecular weight is 230 g/mol. The molecule has 0 aliphatic rings. The summed E-state index contributed by atoms with van der Waals surface area (Å²) < 4.78 is 2.15. The van der Waals surface area contributed by atoms with Crippen molar-refractivity contribution in [2.24, 2.45) is 0 Å². The largest absolute Gasteiger partial charge is 0.399 e. The highest BCUT2D eigenvalue weighted by molar-refractivity contribution is 5.63. The highest BCUT2D eigenvalue weighted by Gasteiger charge is 2.05. The maximum Gasteiger partial charge on any atom is 0.0951 e. The SMILES string of the molecule is CN(C)CCn1cncc1-c1cccc(N)c1. The van der Waals surface area contributed by atoms with E-state index in [1.54, 1.807) is 0 Å². The lowest BCUT2D eigenvalue weighted by Crippen LogP contribution is -2.18. The molecule has 90 valence electrons. The molecule has 0 aliphatic carbocycles. The highest BCUT2D eigenvalue weighted by Crippen LogP contribution is 2.20. The molecule has 0 fully saturated rings. The van der Waals surface area contributed by atoms with Gasteiger partial charge in [-0.15, -0.1) is 0 Å². The Hall–Kier alpha value is -1.81. The van der Waals surface area contributed by atoms with Crippen molar-refractivity contribution in [3.05, 3.63) is 36.8 Å². The van der Waals surface area contributed by atoms with Crippen LogP contribution in [0.1, 0.15) is 0 Å². The number of anilines is 1. The molecule has 0 spiro atoms. The lowest BCUT2D eigenvalue weighted by atomic mass is 10.1. The summed E-state index contributed by atoms with van der Waals surface area (Å²) in [5.41, 5.74) is 8.80. The predicted octanol–water partition coefficient (Wildman–Crippen LogP) is 1.69. The number of hydrogen-bond donors (Lipinski definition) is 1. The van der Waals surface area contributed by atoms with Crippen molar-refractivity contribution >= 4 is 5.69 Å². The van der Waals surface area contributed by atoms with E-state index in [2.05, 4.69) is 34.6 Å². The summed E-state index contributed by atoms with van der Waals surface area (Å²) in [7, 11) is 4.13. The lowest BCUT2D eigenvalue weighted by Gasteiger charge is -2.12. The van der Waals surface area contributed by atoms with Crippen LogP contribution in [0.5, 0.6) is 0 Å². The van der Waals surface area contributed by atoms with Gasteiger partial charge in [-0.25, -0.2) is 4.98 Å². The number of nitrogen functional groups attached to an aromatic ring is 1. The van der Waals surface area contributed by atoms with E-state index in [0.717, 1.165) is 30.0 Å². The molecule has 0 radical (unpaired) electrons. The second-order valence-electron chi connectivity index (χ2n) is 4.40. The van der Waals surface area contributed by atoms with Gasteiger partial charge in [-0.3, -0.25) is 0 Å². The Labute approximate surface area is 102 Å². The molecule has 2 N–H and O–H groups in total. The fraction of sp³-hybridized carbons (Fsp3) is 0.308. The summed E-state index contributed by atoms with van der Waals surface area (Å²) in [6.07, 6.45) is 3.74. The van der Waals surface area contributed by atoms with Gasteiger partial charge in [0.05, 0.1) is 18.2 Å². The Balaban J connectivity index is 2.24. The molecule has 17 heavy (non-hydrogen) atoms. The van der Waals surface area contributed by atoms with Gasteiger partial charge in [0.25, 0.3) is 0 Å². The fourth-order valence-corrected chi connectivity index (χ4v) is 1.75. The van der Waals surface area contributed by atoms with Crippen LogP contribution >= 0.6 is 0 Å². The molecule has 0 saturated carbocycles. The van der Waals surface area contributed by atoms with Gasteiger partial charge in [-0.2, -0.15) is 0 Å². The van der Waals surface area contributed by atoms with Gasteiger partial charge in [0, 0.05) is 24.3 Å². The zero-order chi connectivity index (χ0) is 12.3. The first-order chi connectivity index (χ1) is 8.16. The monoisotopic (exact) mass is 230 g/mol. The van der Waals surface area contributed by atoms with Crippen molar-refractivity contribution in [2.75, 3.05) is 26.4 Å². The molecule has 0 bridgehead atoms. The Morgan fingerprint density at radius 2 is 2.18 bits per heavy atom. The second kappa shape index (κ2) is 5.01.